The van der Waals surface area contributed by atoms with E-state index >= 15 is 0 Å². The Balaban J connectivity index is 1.98. The number of aliphatic imine (C=N–C) groups is 1. The first-order chi connectivity index (χ1) is 10.1. The Labute approximate surface area is 127 Å². The van der Waals surface area contributed by atoms with Crippen LogP contribution in [0.3, 0.4) is 0 Å². The third-order valence-electron chi connectivity index (χ3n) is 3.66. The summed E-state index contributed by atoms with van der Waals surface area (Å²) in [6.45, 7) is 2.31. The Morgan fingerprint density at radius 2 is 1.95 bits per heavy atom. The van der Waals surface area contributed by atoms with Crippen molar-refractivity contribution in [1.29, 1.82) is 0 Å². The molecule has 0 saturated carbocycles. The Bertz CT molecular complexity index is 697. The molecule has 1 unspecified atom stereocenters. The van der Waals surface area contributed by atoms with Gasteiger partial charge >= 0.3 is 0 Å². The molecule has 3 rings (SSSR count). The topological polar surface area (TPSA) is 41.6 Å². The summed E-state index contributed by atoms with van der Waals surface area (Å²) in [5.41, 5.74) is 8.55. The molecule has 108 valence electrons. The molecule has 2 aromatic rings. The number of rotatable bonds is 2. The normalized spacial score (nSPS) is 18.0. The number of guanidine groups is 1. The summed E-state index contributed by atoms with van der Waals surface area (Å²) in [6, 6.07) is 12.5. The Kier molecular flexibility index (Phi) is 3.55. The average molecular weight is 304 g/mol. The number of aryl methyl sites for hydroxylation is 1. The van der Waals surface area contributed by atoms with Crippen LogP contribution in [-0.4, -0.2) is 12.5 Å². The summed E-state index contributed by atoms with van der Waals surface area (Å²) in [5.74, 6) is 0.257. The van der Waals surface area contributed by atoms with Crippen LogP contribution < -0.4 is 10.6 Å². The van der Waals surface area contributed by atoms with E-state index in [4.69, 9.17) is 17.3 Å². The maximum atomic E-state index is 13.4. The smallest absolute Gasteiger partial charge is 0.196 e. The summed E-state index contributed by atoms with van der Waals surface area (Å²) in [4.78, 5) is 6.27. The quantitative estimate of drug-likeness (QED) is 0.920. The van der Waals surface area contributed by atoms with E-state index in [2.05, 4.69) is 4.99 Å². The lowest BCUT2D eigenvalue weighted by molar-refractivity contribution is 0.616. The van der Waals surface area contributed by atoms with Crippen molar-refractivity contribution < 1.29 is 4.39 Å². The highest BCUT2D eigenvalue weighted by Gasteiger charge is 2.29. The molecule has 21 heavy (non-hydrogen) atoms. The Morgan fingerprint density at radius 1 is 1.24 bits per heavy atom. The fraction of sp³-hybridized carbons (Fsp3) is 0.188. The highest BCUT2D eigenvalue weighted by molar-refractivity contribution is 6.30. The molecule has 0 bridgehead atoms. The third-order valence-corrected chi connectivity index (χ3v) is 3.91. The summed E-state index contributed by atoms with van der Waals surface area (Å²) in [7, 11) is 0. The van der Waals surface area contributed by atoms with Crippen LogP contribution in [0.5, 0.6) is 0 Å². The van der Waals surface area contributed by atoms with Crippen LogP contribution in [0.4, 0.5) is 10.1 Å². The molecule has 5 heteroatoms. The highest BCUT2D eigenvalue weighted by Crippen LogP contribution is 2.32. The number of halogens is 2. The van der Waals surface area contributed by atoms with E-state index in [9.17, 15) is 4.39 Å². The molecule has 0 spiro atoms. The minimum Gasteiger partial charge on any atom is -0.369 e. The van der Waals surface area contributed by atoms with E-state index in [0.717, 1.165) is 11.3 Å². The molecule has 0 saturated heterocycles. The van der Waals surface area contributed by atoms with E-state index in [1.165, 1.54) is 6.07 Å². The van der Waals surface area contributed by atoms with Crippen LogP contribution >= 0.6 is 11.6 Å². The number of hydrogen-bond acceptors (Lipinski definition) is 3. The van der Waals surface area contributed by atoms with Gasteiger partial charge in [-0.3, -0.25) is 4.99 Å². The fourth-order valence-electron chi connectivity index (χ4n) is 2.54. The summed E-state index contributed by atoms with van der Waals surface area (Å²) in [5, 5.41) is 0.669. The molecule has 1 aliphatic rings. The Hall–Kier alpha value is -2.07. The number of nitrogens with two attached hydrogens (primary N) is 1. The second-order valence-electron chi connectivity index (χ2n) is 5.07. The maximum absolute atomic E-state index is 13.4. The van der Waals surface area contributed by atoms with E-state index in [1.807, 2.05) is 35.2 Å². The molecule has 0 aliphatic carbocycles. The lowest BCUT2D eigenvalue weighted by atomic mass is 10.0. The zero-order chi connectivity index (χ0) is 15.0. The molecule has 1 aliphatic heterocycles. The van der Waals surface area contributed by atoms with E-state index in [0.29, 0.717) is 23.1 Å². The molecule has 2 N–H and O–H groups in total. The Morgan fingerprint density at radius 3 is 2.62 bits per heavy atom. The van der Waals surface area contributed by atoms with Crippen LogP contribution in [0.25, 0.3) is 0 Å². The molecule has 0 radical (unpaired) electrons. The first-order valence-corrected chi connectivity index (χ1v) is 7.05. The first-order valence-electron chi connectivity index (χ1n) is 6.67. The molecular weight excluding hydrogens is 289 g/mol. The van der Waals surface area contributed by atoms with Crippen LogP contribution in [0.15, 0.2) is 47.5 Å². The van der Waals surface area contributed by atoms with Crippen molar-refractivity contribution >= 4 is 23.2 Å². The zero-order valence-corrected chi connectivity index (χ0v) is 12.3. The minimum absolute atomic E-state index is 0.0227. The van der Waals surface area contributed by atoms with Gasteiger partial charge in [-0.05, 0) is 48.4 Å². The number of anilines is 1. The second-order valence-corrected chi connectivity index (χ2v) is 5.51. The molecule has 0 fully saturated rings. The lowest BCUT2D eigenvalue weighted by Crippen LogP contribution is -2.36. The summed E-state index contributed by atoms with van der Waals surface area (Å²) >= 11 is 5.92. The maximum Gasteiger partial charge on any atom is 0.196 e. The third kappa shape index (κ3) is 2.59. The van der Waals surface area contributed by atoms with Crippen LogP contribution in [0.2, 0.25) is 5.02 Å². The van der Waals surface area contributed by atoms with Crippen molar-refractivity contribution in [3.8, 4) is 0 Å². The van der Waals surface area contributed by atoms with Crippen molar-refractivity contribution in [2.24, 2.45) is 10.7 Å². The molecule has 0 aromatic heterocycles. The second kappa shape index (κ2) is 5.37. The largest absolute Gasteiger partial charge is 0.369 e. The summed E-state index contributed by atoms with van der Waals surface area (Å²) < 4.78 is 13.4. The van der Waals surface area contributed by atoms with Gasteiger partial charge in [0, 0.05) is 10.7 Å². The van der Waals surface area contributed by atoms with Crippen molar-refractivity contribution in [3.63, 3.8) is 0 Å². The van der Waals surface area contributed by atoms with Gasteiger partial charge in [-0.2, -0.15) is 0 Å². The van der Waals surface area contributed by atoms with E-state index in [1.54, 1.807) is 13.0 Å². The van der Waals surface area contributed by atoms with Crippen LogP contribution in [0.1, 0.15) is 17.2 Å². The minimum atomic E-state index is -0.205. The van der Waals surface area contributed by atoms with Gasteiger partial charge in [-0.15, -0.1) is 0 Å². The van der Waals surface area contributed by atoms with Gasteiger partial charge in [0.1, 0.15) is 5.82 Å². The van der Waals surface area contributed by atoms with E-state index < -0.39 is 0 Å². The van der Waals surface area contributed by atoms with Crippen molar-refractivity contribution in [1.82, 2.24) is 0 Å². The molecule has 3 nitrogen and oxygen atoms in total. The number of benzene rings is 2. The van der Waals surface area contributed by atoms with Crippen LogP contribution in [0, 0.1) is 12.7 Å². The number of nitrogens with zero attached hydrogens (tertiary/aromatic N) is 2. The molecule has 2 aromatic carbocycles. The molecule has 0 amide bonds. The van der Waals surface area contributed by atoms with Crippen LogP contribution in [-0.2, 0) is 0 Å². The highest BCUT2D eigenvalue weighted by atomic mass is 35.5. The fourth-order valence-corrected chi connectivity index (χ4v) is 2.67. The van der Waals surface area contributed by atoms with Crippen molar-refractivity contribution in [3.05, 3.63) is 64.4 Å². The van der Waals surface area contributed by atoms with Gasteiger partial charge in [-0.1, -0.05) is 23.7 Å². The number of hydrogen-bond donors (Lipinski definition) is 1. The average Bonchev–Trinajstić information content (AvgIpc) is 2.85. The van der Waals surface area contributed by atoms with Gasteiger partial charge in [0.15, 0.2) is 5.96 Å². The van der Waals surface area contributed by atoms with Gasteiger partial charge in [0.2, 0.25) is 0 Å². The molecular formula is C16H15ClFN3. The van der Waals surface area contributed by atoms with Gasteiger partial charge in [0.05, 0.1) is 12.6 Å². The standard InChI is InChI=1S/C16H15ClFN3/c1-10-8-11(2-7-14(10)18)15-9-20-16(19)21(15)13-5-3-12(17)4-6-13/h2-8,15H,9H2,1H3,(H2,19,20). The molecule has 1 heterocycles. The SMILES string of the molecule is Cc1cc(C2CN=C(N)N2c2ccc(Cl)cc2)ccc1F. The predicted octanol–water partition coefficient (Wildman–Crippen LogP) is 3.66. The van der Waals surface area contributed by atoms with Gasteiger partial charge in [0.25, 0.3) is 0 Å². The lowest BCUT2D eigenvalue weighted by Gasteiger charge is -2.27. The van der Waals surface area contributed by atoms with Gasteiger partial charge < -0.3 is 10.6 Å². The zero-order valence-electron chi connectivity index (χ0n) is 11.6. The van der Waals surface area contributed by atoms with Crippen molar-refractivity contribution in [2.75, 3.05) is 11.4 Å². The van der Waals surface area contributed by atoms with Gasteiger partial charge in [-0.25, -0.2) is 4.39 Å². The molecule has 1 atom stereocenters. The van der Waals surface area contributed by atoms with Crippen molar-refractivity contribution in [2.45, 2.75) is 13.0 Å². The monoisotopic (exact) mass is 303 g/mol. The summed E-state index contributed by atoms with van der Waals surface area (Å²) in [6.07, 6.45) is 0. The first kappa shape index (κ1) is 13.9. The predicted molar refractivity (Wildman–Crippen MR) is 84.3 cm³/mol. The van der Waals surface area contributed by atoms with E-state index in [-0.39, 0.29) is 11.9 Å².